The lowest BCUT2D eigenvalue weighted by atomic mass is 9.89. The number of benzene rings is 1. The Balaban J connectivity index is 1.37. The number of ether oxygens (including phenoxy) is 2. The van der Waals surface area contributed by atoms with Gasteiger partial charge in [0.25, 0.3) is 5.56 Å². The average molecular weight is 398 g/mol. The number of hydrogen-bond acceptors (Lipinski definition) is 6. The molecule has 0 radical (unpaired) electrons. The number of rotatable bonds is 4. The molecule has 0 saturated carbocycles. The zero-order chi connectivity index (χ0) is 19.3. The largest absolute Gasteiger partial charge is 0.454 e. The van der Waals surface area contributed by atoms with Gasteiger partial charge in [-0.05, 0) is 55.4 Å². The van der Waals surface area contributed by atoms with Crippen molar-refractivity contribution in [2.75, 3.05) is 6.79 Å². The quantitative estimate of drug-likeness (QED) is 0.702. The van der Waals surface area contributed by atoms with Crippen molar-refractivity contribution < 1.29 is 9.47 Å². The van der Waals surface area contributed by atoms with E-state index in [9.17, 15) is 4.79 Å². The van der Waals surface area contributed by atoms with Crippen LogP contribution in [0.15, 0.2) is 23.0 Å². The molecule has 0 amide bonds. The summed E-state index contributed by atoms with van der Waals surface area (Å²) in [5.74, 6) is 2.92. The van der Waals surface area contributed by atoms with E-state index in [1.165, 1.54) is 10.4 Å². The number of aromatic amines is 1. The van der Waals surface area contributed by atoms with Crippen LogP contribution in [0.4, 0.5) is 0 Å². The monoisotopic (exact) mass is 397 g/mol. The van der Waals surface area contributed by atoms with Crippen LogP contribution in [-0.4, -0.2) is 16.8 Å². The Kier molecular flexibility index (Phi) is 4.36. The Morgan fingerprint density at radius 3 is 3.11 bits per heavy atom. The third-order valence-electron chi connectivity index (χ3n) is 5.64. The van der Waals surface area contributed by atoms with Crippen LogP contribution in [0.25, 0.3) is 10.2 Å². The molecule has 0 fully saturated rings. The van der Waals surface area contributed by atoms with E-state index in [0.29, 0.717) is 18.3 Å². The minimum absolute atomic E-state index is 0.0104. The molecule has 5 rings (SSSR count). The number of nitrogens with zero attached hydrogens (tertiary/aromatic N) is 1. The van der Waals surface area contributed by atoms with Crippen molar-refractivity contribution >= 4 is 21.6 Å². The summed E-state index contributed by atoms with van der Waals surface area (Å²) in [6.07, 6.45) is 3.19. The number of H-pyrrole nitrogens is 1. The maximum Gasteiger partial charge on any atom is 0.259 e. The first-order chi connectivity index (χ1) is 13.6. The van der Waals surface area contributed by atoms with Crippen molar-refractivity contribution in [2.24, 2.45) is 5.92 Å². The molecule has 3 heterocycles. The van der Waals surface area contributed by atoms with Crippen LogP contribution in [0.3, 0.4) is 0 Å². The van der Waals surface area contributed by atoms with Crippen LogP contribution < -0.4 is 20.3 Å². The molecule has 1 aromatic carbocycles. The van der Waals surface area contributed by atoms with Gasteiger partial charge in [0.1, 0.15) is 10.7 Å². The van der Waals surface area contributed by atoms with E-state index in [-0.39, 0.29) is 18.4 Å². The second-order valence-corrected chi connectivity index (χ2v) is 8.86. The van der Waals surface area contributed by atoms with E-state index in [1.54, 1.807) is 11.3 Å². The lowest BCUT2D eigenvalue weighted by Crippen LogP contribution is -2.23. The van der Waals surface area contributed by atoms with Crippen LogP contribution in [0.2, 0.25) is 0 Å². The van der Waals surface area contributed by atoms with Crippen molar-refractivity contribution in [1.29, 1.82) is 0 Å². The van der Waals surface area contributed by atoms with Gasteiger partial charge >= 0.3 is 0 Å². The Bertz CT molecular complexity index is 1100. The molecule has 6 nitrogen and oxygen atoms in total. The van der Waals surface area contributed by atoms with Crippen molar-refractivity contribution in [3.05, 3.63) is 50.4 Å². The van der Waals surface area contributed by atoms with Gasteiger partial charge in [0.2, 0.25) is 6.79 Å². The van der Waals surface area contributed by atoms with E-state index in [0.717, 1.165) is 46.5 Å². The maximum absolute atomic E-state index is 12.8. The fraction of sp³-hybridized carbons (Fsp3) is 0.429. The zero-order valence-corrected chi connectivity index (χ0v) is 16.8. The standard InChI is InChI=1S/C21H23N3O3S/c1-11-3-5-14-17(7-11)28-21-18(14)20(25)23-19(24-21)12(2)22-9-13-4-6-15-16(8-13)27-10-26-15/h4,6,8,11-12,22H,3,5,7,9-10H2,1-2H3,(H,23,24,25)/t11-,12+/m0/s1. The second-order valence-electron chi connectivity index (χ2n) is 7.77. The topological polar surface area (TPSA) is 76.2 Å². The van der Waals surface area contributed by atoms with Gasteiger partial charge in [-0.25, -0.2) is 4.98 Å². The molecule has 3 aromatic rings. The Morgan fingerprint density at radius 2 is 2.21 bits per heavy atom. The first kappa shape index (κ1) is 17.7. The SMILES string of the molecule is C[C@H]1CCc2c(sc3nc([C@@H](C)NCc4ccc5c(c4)OCO5)[nH]c(=O)c23)C1. The average Bonchev–Trinajstić information content (AvgIpc) is 3.29. The normalized spacial score (nSPS) is 19.0. The number of thiophene rings is 1. The highest BCUT2D eigenvalue weighted by Crippen LogP contribution is 2.36. The lowest BCUT2D eigenvalue weighted by molar-refractivity contribution is 0.174. The molecule has 1 aliphatic carbocycles. The summed E-state index contributed by atoms with van der Waals surface area (Å²) in [7, 11) is 0. The summed E-state index contributed by atoms with van der Waals surface area (Å²) >= 11 is 1.69. The third-order valence-corrected chi connectivity index (χ3v) is 6.79. The van der Waals surface area contributed by atoms with E-state index in [4.69, 9.17) is 14.5 Å². The Morgan fingerprint density at radius 1 is 1.36 bits per heavy atom. The minimum atomic E-state index is -0.0689. The van der Waals surface area contributed by atoms with Gasteiger partial charge in [0.15, 0.2) is 11.5 Å². The van der Waals surface area contributed by atoms with Crippen molar-refractivity contribution in [3.63, 3.8) is 0 Å². The van der Waals surface area contributed by atoms with Gasteiger partial charge in [0.05, 0.1) is 11.4 Å². The highest BCUT2D eigenvalue weighted by Gasteiger charge is 2.23. The predicted octanol–water partition coefficient (Wildman–Crippen LogP) is 3.69. The lowest BCUT2D eigenvalue weighted by Gasteiger charge is -2.17. The van der Waals surface area contributed by atoms with Crippen LogP contribution in [0.5, 0.6) is 11.5 Å². The van der Waals surface area contributed by atoms with E-state index in [1.807, 2.05) is 25.1 Å². The molecule has 2 aromatic heterocycles. The Labute approximate surface area is 166 Å². The van der Waals surface area contributed by atoms with Crippen LogP contribution in [0.1, 0.15) is 48.1 Å². The summed E-state index contributed by atoms with van der Waals surface area (Å²) in [6.45, 7) is 5.22. The molecule has 2 N–H and O–H groups in total. The van der Waals surface area contributed by atoms with E-state index in [2.05, 4.69) is 17.2 Å². The maximum atomic E-state index is 12.8. The summed E-state index contributed by atoms with van der Waals surface area (Å²) in [5.41, 5.74) is 2.31. The molecule has 0 saturated heterocycles. The summed E-state index contributed by atoms with van der Waals surface area (Å²) in [5, 5.41) is 4.25. The zero-order valence-electron chi connectivity index (χ0n) is 16.0. The van der Waals surface area contributed by atoms with Crippen molar-refractivity contribution in [3.8, 4) is 11.5 Å². The third kappa shape index (κ3) is 3.08. The minimum Gasteiger partial charge on any atom is -0.454 e. The summed E-state index contributed by atoms with van der Waals surface area (Å²) in [4.78, 5) is 22.8. The molecule has 0 unspecified atom stereocenters. The molecule has 146 valence electrons. The second kappa shape index (κ2) is 6.90. The molecular weight excluding hydrogens is 374 g/mol. The molecule has 2 atom stereocenters. The van der Waals surface area contributed by atoms with E-state index < -0.39 is 0 Å². The van der Waals surface area contributed by atoms with Gasteiger partial charge in [-0.1, -0.05) is 13.0 Å². The van der Waals surface area contributed by atoms with Gasteiger partial charge < -0.3 is 19.8 Å². The van der Waals surface area contributed by atoms with Crippen LogP contribution in [-0.2, 0) is 19.4 Å². The number of nitrogens with one attached hydrogen (secondary N) is 2. The smallest absolute Gasteiger partial charge is 0.259 e. The van der Waals surface area contributed by atoms with Gasteiger partial charge in [-0.2, -0.15) is 0 Å². The van der Waals surface area contributed by atoms with Crippen LogP contribution in [0, 0.1) is 5.92 Å². The number of fused-ring (bicyclic) bond motifs is 4. The van der Waals surface area contributed by atoms with Crippen molar-refractivity contribution in [2.45, 2.75) is 45.7 Å². The van der Waals surface area contributed by atoms with E-state index >= 15 is 0 Å². The molecule has 0 bridgehead atoms. The van der Waals surface area contributed by atoms with Crippen LogP contribution >= 0.6 is 11.3 Å². The van der Waals surface area contributed by atoms with Gasteiger partial charge in [-0.3, -0.25) is 4.79 Å². The molecule has 7 heteroatoms. The fourth-order valence-electron chi connectivity index (χ4n) is 3.99. The number of aryl methyl sites for hydroxylation is 1. The molecule has 1 aliphatic heterocycles. The predicted molar refractivity (Wildman–Crippen MR) is 109 cm³/mol. The highest BCUT2D eigenvalue weighted by molar-refractivity contribution is 7.18. The first-order valence-electron chi connectivity index (χ1n) is 9.75. The fourth-order valence-corrected chi connectivity index (χ4v) is 5.38. The van der Waals surface area contributed by atoms with Gasteiger partial charge in [-0.15, -0.1) is 11.3 Å². The molecule has 0 spiro atoms. The Hall–Kier alpha value is -2.38. The first-order valence-corrected chi connectivity index (χ1v) is 10.6. The highest BCUT2D eigenvalue weighted by atomic mass is 32.1. The van der Waals surface area contributed by atoms with Crippen molar-refractivity contribution in [1.82, 2.24) is 15.3 Å². The summed E-state index contributed by atoms with van der Waals surface area (Å²) < 4.78 is 10.8. The molecule has 28 heavy (non-hydrogen) atoms. The number of aromatic nitrogens is 2. The molecular formula is C21H23N3O3S. The molecule has 2 aliphatic rings. The summed E-state index contributed by atoms with van der Waals surface area (Å²) in [6, 6.07) is 5.85. The van der Waals surface area contributed by atoms with Gasteiger partial charge in [0, 0.05) is 11.4 Å². The number of hydrogen-bond donors (Lipinski definition) is 2.